The zero-order valence-corrected chi connectivity index (χ0v) is 11.5. The molecule has 0 aliphatic heterocycles. The summed E-state index contributed by atoms with van der Waals surface area (Å²) in [5.74, 6) is 2.57. The molecule has 1 aromatic carbocycles. The van der Waals surface area contributed by atoms with Crippen molar-refractivity contribution in [2.24, 2.45) is 11.8 Å². The molecule has 3 rings (SSSR count). The van der Waals surface area contributed by atoms with Gasteiger partial charge in [-0.2, -0.15) is 0 Å². The first-order valence-electron chi connectivity index (χ1n) is 7.27. The van der Waals surface area contributed by atoms with Crippen LogP contribution in [-0.4, -0.2) is 16.5 Å². The summed E-state index contributed by atoms with van der Waals surface area (Å²) in [6.07, 6.45) is 7.30. The molecule has 2 atom stereocenters. The van der Waals surface area contributed by atoms with Crippen LogP contribution in [-0.2, 0) is 0 Å². The van der Waals surface area contributed by atoms with Crippen molar-refractivity contribution in [3.63, 3.8) is 0 Å². The Kier molecular flexibility index (Phi) is 3.62. The standard InChI is InChI=1S/C16H21N3/c1-12-5-4-6-13(9-12)10-18-16-11-17-14-7-2-3-8-15(14)19-16/h2-3,7-8,11-13H,4-6,9-10H2,1H3,(H,18,19). The van der Waals surface area contributed by atoms with Crippen LogP contribution in [0.5, 0.6) is 0 Å². The van der Waals surface area contributed by atoms with Crippen molar-refractivity contribution in [2.75, 3.05) is 11.9 Å². The van der Waals surface area contributed by atoms with E-state index in [2.05, 4.69) is 22.2 Å². The molecule has 0 saturated heterocycles. The van der Waals surface area contributed by atoms with Crippen molar-refractivity contribution in [3.8, 4) is 0 Å². The smallest absolute Gasteiger partial charge is 0.145 e. The lowest BCUT2D eigenvalue weighted by molar-refractivity contribution is 0.293. The average molecular weight is 255 g/mol. The Morgan fingerprint density at radius 1 is 1.21 bits per heavy atom. The van der Waals surface area contributed by atoms with E-state index in [1.165, 1.54) is 25.7 Å². The summed E-state index contributed by atoms with van der Waals surface area (Å²) >= 11 is 0. The Bertz CT molecular complexity index is 552. The topological polar surface area (TPSA) is 37.8 Å². The van der Waals surface area contributed by atoms with Crippen molar-refractivity contribution in [3.05, 3.63) is 30.5 Å². The van der Waals surface area contributed by atoms with E-state index >= 15 is 0 Å². The molecule has 3 heteroatoms. The monoisotopic (exact) mass is 255 g/mol. The molecule has 1 N–H and O–H groups in total. The minimum atomic E-state index is 0.789. The maximum absolute atomic E-state index is 4.61. The van der Waals surface area contributed by atoms with E-state index in [4.69, 9.17) is 0 Å². The van der Waals surface area contributed by atoms with Gasteiger partial charge in [0.25, 0.3) is 0 Å². The van der Waals surface area contributed by atoms with Gasteiger partial charge in [-0.25, -0.2) is 4.98 Å². The highest BCUT2D eigenvalue weighted by molar-refractivity contribution is 5.75. The van der Waals surface area contributed by atoms with Crippen LogP contribution >= 0.6 is 0 Å². The Labute approximate surface area is 114 Å². The predicted octanol–water partition coefficient (Wildman–Crippen LogP) is 3.87. The molecule has 0 radical (unpaired) electrons. The maximum Gasteiger partial charge on any atom is 0.145 e. The number of fused-ring (bicyclic) bond motifs is 1. The van der Waals surface area contributed by atoms with Gasteiger partial charge in [0.05, 0.1) is 17.2 Å². The van der Waals surface area contributed by atoms with Gasteiger partial charge in [0.15, 0.2) is 0 Å². The van der Waals surface area contributed by atoms with Gasteiger partial charge >= 0.3 is 0 Å². The number of para-hydroxylation sites is 2. The third kappa shape index (κ3) is 3.03. The highest BCUT2D eigenvalue weighted by Gasteiger charge is 2.18. The summed E-state index contributed by atoms with van der Waals surface area (Å²) in [5, 5.41) is 3.45. The number of nitrogens with one attached hydrogen (secondary N) is 1. The molecule has 0 bridgehead atoms. The largest absolute Gasteiger partial charge is 0.368 e. The molecule has 0 amide bonds. The minimum Gasteiger partial charge on any atom is -0.368 e. The van der Waals surface area contributed by atoms with Crippen LogP contribution in [0.3, 0.4) is 0 Å². The molecule has 100 valence electrons. The molecular weight excluding hydrogens is 234 g/mol. The summed E-state index contributed by atoms with van der Waals surface area (Å²) < 4.78 is 0. The molecule has 2 unspecified atom stereocenters. The Morgan fingerprint density at radius 2 is 2.05 bits per heavy atom. The van der Waals surface area contributed by atoms with Crippen molar-refractivity contribution < 1.29 is 0 Å². The second-order valence-electron chi connectivity index (χ2n) is 5.76. The highest BCUT2D eigenvalue weighted by atomic mass is 15.0. The SMILES string of the molecule is CC1CCCC(CNc2cnc3ccccc3n2)C1. The van der Waals surface area contributed by atoms with Crippen LogP contribution in [0.15, 0.2) is 30.5 Å². The molecule has 19 heavy (non-hydrogen) atoms. The number of aromatic nitrogens is 2. The molecule has 1 saturated carbocycles. The second kappa shape index (κ2) is 5.55. The number of anilines is 1. The van der Waals surface area contributed by atoms with Gasteiger partial charge in [0.1, 0.15) is 5.82 Å². The average Bonchev–Trinajstić information content (AvgIpc) is 2.45. The second-order valence-corrected chi connectivity index (χ2v) is 5.76. The van der Waals surface area contributed by atoms with Gasteiger partial charge in [-0.3, -0.25) is 4.98 Å². The Morgan fingerprint density at radius 3 is 2.89 bits per heavy atom. The number of hydrogen-bond acceptors (Lipinski definition) is 3. The number of rotatable bonds is 3. The van der Waals surface area contributed by atoms with E-state index < -0.39 is 0 Å². The third-order valence-corrected chi connectivity index (χ3v) is 4.07. The summed E-state index contributed by atoms with van der Waals surface area (Å²) in [4.78, 5) is 9.04. The van der Waals surface area contributed by atoms with E-state index in [0.717, 1.165) is 35.2 Å². The summed E-state index contributed by atoms with van der Waals surface area (Å²) in [6.45, 7) is 3.39. The quantitative estimate of drug-likeness (QED) is 0.904. The number of nitrogens with zero attached hydrogens (tertiary/aromatic N) is 2. The van der Waals surface area contributed by atoms with Crippen molar-refractivity contribution in [1.82, 2.24) is 9.97 Å². The first kappa shape index (κ1) is 12.4. The normalized spacial score (nSPS) is 23.4. The molecule has 1 aromatic heterocycles. The lowest BCUT2D eigenvalue weighted by Crippen LogP contribution is -2.21. The van der Waals surface area contributed by atoms with E-state index in [1.54, 1.807) is 0 Å². The van der Waals surface area contributed by atoms with Gasteiger partial charge in [-0.05, 0) is 36.8 Å². The zero-order valence-electron chi connectivity index (χ0n) is 11.5. The van der Waals surface area contributed by atoms with Gasteiger partial charge in [-0.1, -0.05) is 31.9 Å². The lowest BCUT2D eigenvalue weighted by Gasteiger charge is -2.26. The predicted molar refractivity (Wildman–Crippen MR) is 79.1 cm³/mol. The lowest BCUT2D eigenvalue weighted by atomic mass is 9.82. The third-order valence-electron chi connectivity index (χ3n) is 4.07. The number of hydrogen-bond donors (Lipinski definition) is 1. The van der Waals surface area contributed by atoms with Crippen LogP contribution < -0.4 is 5.32 Å². The summed E-state index contributed by atoms with van der Waals surface area (Å²) in [7, 11) is 0. The number of benzene rings is 1. The minimum absolute atomic E-state index is 0.789. The van der Waals surface area contributed by atoms with Gasteiger partial charge in [-0.15, -0.1) is 0 Å². The van der Waals surface area contributed by atoms with E-state index in [0.29, 0.717) is 0 Å². The fourth-order valence-corrected chi connectivity index (χ4v) is 3.04. The van der Waals surface area contributed by atoms with Gasteiger partial charge in [0.2, 0.25) is 0 Å². The van der Waals surface area contributed by atoms with Crippen LogP contribution in [0.1, 0.15) is 32.6 Å². The highest BCUT2D eigenvalue weighted by Crippen LogP contribution is 2.28. The van der Waals surface area contributed by atoms with Crippen molar-refractivity contribution in [1.29, 1.82) is 0 Å². The first-order valence-corrected chi connectivity index (χ1v) is 7.27. The van der Waals surface area contributed by atoms with Gasteiger partial charge < -0.3 is 5.32 Å². The molecule has 1 aliphatic rings. The molecule has 1 aliphatic carbocycles. The fraction of sp³-hybridized carbons (Fsp3) is 0.500. The van der Waals surface area contributed by atoms with Crippen LogP contribution in [0.25, 0.3) is 11.0 Å². The summed E-state index contributed by atoms with van der Waals surface area (Å²) in [6, 6.07) is 8.00. The van der Waals surface area contributed by atoms with Crippen LogP contribution in [0, 0.1) is 11.8 Å². The molecular formula is C16H21N3. The Hall–Kier alpha value is -1.64. The molecule has 1 heterocycles. The van der Waals surface area contributed by atoms with E-state index in [1.807, 2.05) is 30.5 Å². The van der Waals surface area contributed by atoms with Crippen molar-refractivity contribution >= 4 is 16.9 Å². The molecule has 1 fully saturated rings. The van der Waals surface area contributed by atoms with Gasteiger partial charge in [0, 0.05) is 6.54 Å². The maximum atomic E-state index is 4.61. The van der Waals surface area contributed by atoms with Crippen LogP contribution in [0.2, 0.25) is 0 Å². The van der Waals surface area contributed by atoms with E-state index in [-0.39, 0.29) is 0 Å². The van der Waals surface area contributed by atoms with Crippen molar-refractivity contribution in [2.45, 2.75) is 32.6 Å². The molecule has 0 spiro atoms. The van der Waals surface area contributed by atoms with Crippen LogP contribution in [0.4, 0.5) is 5.82 Å². The molecule has 2 aromatic rings. The first-order chi connectivity index (χ1) is 9.31. The Balaban J connectivity index is 1.64. The zero-order chi connectivity index (χ0) is 13.1. The molecule has 3 nitrogen and oxygen atoms in total. The fourth-order valence-electron chi connectivity index (χ4n) is 3.04. The van der Waals surface area contributed by atoms with E-state index in [9.17, 15) is 0 Å². The summed E-state index contributed by atoms with van der Waals surface area (Å²) in [5.41, 5.74) is 1.92.